The number of aromatic nitrogens is 2. The summed E-state index contributed by atoms with van der Waals surface area (Å²) in [5.41, 5.74) is -0.127. The van der Waals surface area contributed by atoms with Crippen LogP contribution < -0.4 is 10.6 Å². The van der Waals surface area contributed by atoms with Crippen molar-refractivity contribution in [2.45, 2.75) is 32.4 Å². The summed E-state index contributed by atoms with van der Waals surface area (Å²) in [7, 11) is 0. The molecule has 3 aromatic rings. The summed E-state index contributed by atoms with van der Waals surface area (Å²) in [6.07, 6.45) is 3.68. The molecule has 0 fully saturated rings. The second-order valence-corrected chi connectivity index (χ2v) is 7.75. The number of aliphatic imine (C=N–C) groups is 1. The smallest absolute Gasteiger partial charge is 0.191 e. The molecule has 0 aliphatic carbocycles. The van der Waals surface area contributed by atoms with E-state index in [9.17, 15) is 5.11 Å². The number of benzene rings is 1. The van der Waals surface area contributed by atoms with Crippen molar-refractivity contribution in [2.24, 2.45) is 4.99 Å². The molecule has 168 valence electrons. The number of rotatable bonds is 8. The van der Waals surface area contributed by atoms with E-state index >= 15 is 0 Å². The lowest BCUT2D eigenvalue weighted by atomic mass is 10.0. The monoisotopic (exact) mass is 557 g/mol. The third-order valence-corrected chi connectivity index (χ3v) is 4.97. The van der Waals surface area contributed by atoms with Crippen molar-refractivity contribution in [1.29, 1.82) is 0 Å². The fourth-order valence-electron chi connectivity index (χ4n) is 3.08. The van der Waals surface area contributed by atoms with Crippen molar-refractivity contribution in [2.75, 3.05) is 19.6 Å². The number of furan rings is 1. The third-order valence-electron chi connectivity index (χ3n) is 4.72. The summed E-state index contributed by atoms with van der Waals surface area (Å²) in [6, 6.07) is 13.2. The Morgan fingerprint density at radius 1 is 1.26 bits per heavy atom. The van der Waals surface area contributed by atoms with E-state index in [4.69, 9.17) is 16.0 Å². The van der Waals surface area contributed by atoms with Gasteiger partial charge in [0, 0.05) is 30.5 Å². The molecule has 2 heterocycles. The maximum absolute atomic E-state index is 10.8. The maximum atomic E-state index is 10.8. The van der Waals surface area contributed by atoms with Crippen molar-refractivity contribution in [3.63, 3.8) is 0 Å². The minimum absolute atomic E-state index is 0. The van der Waals surface area contributed by atoms with Crippen LogP contribution in [0.5, 0.6) is 0 Å². The van der Waals surface area contributed by atoms with Crippen LogP contribution in [0.1, 0.15) is 37.0 Å². The Bertz CT molecular complexity index is 955. The maximum Gasteiger partial charge on any atom is 0.191 e. The second kappa shape index (κ2) is 11.5. The average Bonchev–Trinajstić information content (AvgIpc) is 3.40. The number of nitrogens with zero attached hydrogens (tertiary/aromatic N) is 3. The van der Waals surface area contributed by atoms with E-state index in [1.807, 2.05) is 61.1 Å². The number of guanidine groups is 1. The number of hydrogen-bond donors (Lipinski definition) is 3. The lowest BCUT2D eigenvalue weighted by Crippen LogP contribution is -2.41. The lowest BCUT2D eigenvalue weighted by molar-refractivity contribution is 0.0428. The molecule has 9 heteroatoms. The highest BCUT2D eigenvalue weighted by Crippen LogP contribution is 2.23. The standard InChI is InChI=1S/C22H28ClN5O2.HI/c1-4-24-21(26-15-22(3,29)20-11-6-16(2)30-20)25-14-19(28-13-5-12-27-28)17-7-9-18(23)10-8-17;/h5-13,19,29H,4,14-15H2,1-3H3,(H2,24,25,26);1H. The molecule has 31 heavy (non-hydrogen) atoms. The number of nitrogens with one attached hydrogen (secondary N) is 2. The molecule has 7 nitrogen and oxygen atoms in total. The van der Waals surface area contributed by atoms with E-state index in [1.54, 1.807) is 19.2 Å². The van der Waals surface area contributed by atoms with Gasteiger partial charge in [0.1, 0.15) is 17.1 Å². The van der Waals surface area contributed by atoms with Crippen LogP contribution in [0.25, 0.3) is 0 Å². The van der Waals surface area contributed by atoms with E-state index in [2.05, 4.69) is 20.7 Å². The van der Waals surface area contributed by atoms with Crippen LogP contribution in [-0.4, -0.2) is 40.5 Å². The van der Waals surface area contributed by atoms with Gasteiger partial charge in [0.05, 0.1) is 12.6 Å². The molecule has 0 saturated carbocycles. The first-order chi connectivity index (χ1) is 14.4. The van der Waals surface area contributed by atoms with Gasteiger partial charge in [0.25, 0.3) is 0 Å². The molecule has 0 saturated heterocycles. The molecule has 3 N–H and O–H groups in total. The predicted molar refractivity (Wildman–Crippen MR) is 134 cm³/mol. The van der Waals surface area contributed by atoms with E-state index in [1.165, 1.54) is 0 Å². The van der Waals surface area contributed by atoms with E-state index in [0.717, 1.165) is 11.3 Å². The van der Waals surface area contributed by atoms with E-state index in [0.29, 0.717) is 29.8 Å². The summed E-state index contributed by atoms with van der Waals surface area (Å²) in [4.78, 5) is 4.57. The number of halogens is 2. The summed E-state index contributed by atoms with van der Waals surface area (Å²) in [5.74, 6) is 1.85. The number of aliphatic hydroxyl groups is 1. The van der Waals surface area contributed by atoms with Gasteiger partial charge in [0.15, 0.2) is 5.96 Å². The van der Waals surface area contributed by atoms with E-state index < -0.39 is 5.60 Å². The minimum Gasteiger partial charge on any atom is -0.463 e. The van der Waals surface area contributed by atoms with Gasteiger partial charge in [-0.1, -0.05) is 23.7 Å². The van der Waals surface area contributed by atoms with Gasteiger partial charge in [-0.15, -0.1) is 24.0 Å². The molecule has 2 aromatic heterocycles. The topological polar surface area (TPSA) is 87.6 Å². The van der Waals surface area contributed by atoms with Crippen LogP contribution in [0.3, 0.4) is 0 Å². The molecule has 3 rings (SSSR count). The van der Waals surface area contributed by atoms with Crippen LogP contribution in [0, 0.1) is 6.92 Å². The molecular formula is C22H29ClIN5O2. The molecule has 0 amide bonds. The molecule has 0 spiro atoms. The lowest BCUT2D eigenvalue weighted by Gasteiger charge is -2.22. The highest BCUT2D eigenvalue weighted by molar-refractivity contribution is 14.0. The van der Waals surface area contributed by atoms with Gasteiger partial charge in [-0.05, 0) is 56.7 Å². The Morgan fingerprint density at radius 2 is 2.00 bits per heavy atom. The molecule has 0 bridgehead atoms. The molecule has 0 radical (unpaired) electrons. The molecule has 0 aliphatic heterocycles. The van der Waals surface area contributed by atoms with Gasteiger partial charge in [-0.3, -0.25) is 4.68 Å². The Kier molecular flexibility index (Phi) is 9.39. The Morgan fingerprint density at radius 3 is 2.58 bits per heavy atom. The second-order valence-electron chi connectivity index (χ2n) is 7.31. The van der Waals surface area contributed by atoms with Gasteiger partial charge in [-0.2, -0.15) is 5.10 Å². The first-order valence-electron chi connectivity index (χ1n) is 9.95. The van der Waals surface area contributed by atoms with E-state index in [-0.39, 0.29) is 36.6 Å². The zero-order valence-electron chi connectivity index (χ0n) is 17.9. The molecular weight excluding hydrogens is 529 g/mol. The Labute approximate surface area is 204 Å². The van der Waals surface area contributed by atoms with Gasteiger partial charge < -0.3 is 20.2 Å². The molecule has 0 aliphatic rings. The zero-order chi connectivity index (χ0) is 21.6. The minimum atomic E-state index is -1.20. The van der Waals surface area contributed by atoms with Crippen molar-refractivity contribution in [3.05, 3.63) is 77.0 Å². The molecule has 1 aromatic carbocycles. The average molecular weight is 558 g/mol. The summed E-state index contributed by atoms with van der Waals surface area (Å²) >= 11 is 6.05. The Hall–Kier alpha value is -2.04. The van der Waals surface area contributed by atoms with Crippen molar-refractivity contribution in [1.82, 2.24) is 20.4 Å². The van der Waals surface area contributed by atoms with Gasteiger partial charge in [0.2, 0.25) is 0 Å². The summed E-state index contributed by atoms with van der Waals surface area (Å²) in [5, 5.41) is 22.4. The first-order valence-corrected chi connectivity index (χ1v) is 10.3. The highest BCUT2D eigenvalue weighted by atomic mass is 127. The third kappa shape index (κ3) is 6.98. The largest absolute Gasteiger partial charge is 0.463 e. The molecule has 2 atom stereocenters. The predicted octanol–water partition coefficient (Wildman–Crippen LogP) is 4.11. The normalized spacial score (nSPS) is 14.4. The highest BCUT2D eigenvalue weighted by Gasteiger charge is 2.27. The van der Waals surface area contributed by atoms with Crippen LogP contribution >= 0.6 is 35.6 Å². The quantitative estimate of drug-likeness (QED) is 0.220. The van der Waals surface area contributed by atoms with Crippen molar-refractivity contribution in [3.8, 4) is 0 Å². The summed E-state index contributed by atoms with van der Waals surface area (Å²) in [6.45, 7) is 6.94. The van der Waals surface area contributed by atoms with Crippen LogP contribution in [0.15, 0.2) is 64.3 Å². The zero-order valence-corrected chi connectivity index (χ0v) is 21.0. The van der Waals surface area contributed by atoms with Crippen LogP contribution in [0.2, 0.25) is 5.02 Å². The number of aryl methyl sites for hydroxylation is 1. The van der Waals surface area contributed by atoms with Crippen molar-refractivity contribution >= 4 is 41.5 Å². The summed E-state index contributed by atoms with van der Waals surface area (Å²) < 4.78 is 7.46. The van der Waals surface area contributed by atoms with Crippen LogP contribution in [-0.2, 0) is 5.60 Å². The SMILES string of the molecule is CCNC(=NCC(C)(O)c1ccc(C)o1)NCC(c1ccc(Cl)cc1)n1cccn1.I. The Balaban J connectivity index is 0.00000341. The van der Waals surface area contributed by atoms with Crippen LogP contribution in [0.4, 0.5) is 0 Å². The number of hydrogen-bond acceptors (Lipinski definition) is 4. The van der Waals surface area contributed by atoms with Crippen molar-refractivity contribution < 1.29 is 9.52 Å². The fourth-order valence-corrected chi connectivity index (χ4v) is 3.21. The molecule has 2 unspecified atom stereocenters. The first kappa shape index (κ1) is 25.2. The van der Waals surface area contributed by atoms with Gasteiger partial charge >= 0.3 is 0 Å². The fraction of sp³-hybridized carbons (Fsp3) is 0.364. The van der Waals surface area contributed by atoms with Gasteiger partial charge in [-0.25, -0.2) is 4.99 Å².